The highest BCUT2D eigenvalue weighted by Crippen LogP contribution is 2.42. The molecule has 1 aromatic carbocycles. The number of methoxy groups -OCH3 is 1. The smallest absolute Gasteiger partial charge is 0.152 e. The number of hydrogen-bond donors (Lipinski definition) is 0. The predicted molar refractivity (Wildman–Crippen MR) is 127 cm³/mol. The number of rotatable bonds is 7. The summed E-state index contributed by atoms with van der Waals surface area (Å²) in [5.41, 5.74) is 4.74. The fourth-order valence-corrected chi connectivity index (χ4v) is 4.75. The second-order valence-corrected chi connectivity index (χ2v) is 8.82. The standard InChI is InChI=1S/C24H32N4O2.ClH/c1-5-10-26(13-18-6-7-18)24-20-14-30-15-21(20)25-23-12-17(3)27(28(23)24)22-9-8-19(29-4)11-16(22)2;/h8-9,11-12,17-18H,5-7,10,13-15H2,1-4H3;1H. The number of ether oxygens (including phenoxy) is 2. The van der Waals surface area contributed by atoms with Gasteiger partial charge in [-0.25, -0.2) is 10.0 Å². The lowest BCUT2D eigenvalue weighted by molar-refractivity contribution is 0.202. The Morgan fingerprint density at radius 2 is 2.06 bits per heavy atom. The van der Waals surface area contributed by atoms with Crippen molar-refractivity contribution < 1.29 is 9.47 Å². The minimum Gasteiger partial charge on any atom is -0.497 e. The molecule has 0 aromatic heterocycles. The van der Waals surface area contributed by atoms with E-state index in [2.05, 4.69) is 53.9 Å². The topological polar surface area (TPSA) is 40.5 Å². The van der Waals surface area contributed by atoms with Crippen molar-refractivity contribution in [2.75, 3.05) is 38.4 Å². The maximum absolute atomic E-state index is 5.85. The molecule has 1 atom stereocenters. The van der Waals surface area contributed by atoms with Crippen LogP contribution in [-0.4, -0.2) is 55.1 Å². The van der Waals surface area contributed by atoms with Crippen molar-refractivity contribution in [1.29, 1.82) is 0 Å². The van der Waals surface area contributed by atoms with Gasteiger partial charge in [0.05, 0.1) is 37.8 Å². The molecule has 1 unspecified atom stereocenters. The first-order chi connectivity index (χ1) is 14.6. The van der Waals surface area contributed by atoms with Crippen LogP contribution in [0.1, 0.15) is 38.7 Å². The van der Waals surface area contributed by atoms with E-state index in [1.807, 2.05) is 6.07 Å². The normalized spacial score (nSPS) is 22.0. The fraction of sp³-hybridized carbons (Fsp3) is 0.542. The van der Waals surface area contributed by atoms with Crippen LogP contribution in [0.15, 0.2) is 46.5 Å². The number of hydrazine groups is 1. The Labute approximate surface area is 191 Å². The Bertz CT molecular complexity index is 938. The lowest BCUT2D eigenvalue weighted by Crippen LogP contribution is -2.49. The molecule has 0 amide bonds. The molecule has 5 rings (SSSR count). The molecule has 1 aliphatic carbocycles. The minimum absolute atomic E-state index is 0. The summed E-state index contributed by atoms with van der Waals surface area (Å²) in [6.45, 7) is 10.1. The van der Waals surface area contributed by atoms with Crippen molar-refractivity contribution in [3.63, 3.8) is 0 Å². The zero-order chi connectivity index (χ0) is 20.8. The predicted octanol–water partition coefficient (Wildman–Crippen LogP) is 4.51. The summed E-state index contributed by atoms with van der Waals surface area (Å²) in [5, 5.41) is 4.74. The van der Waals surface area contributed by atoms with Crippen LogP contribution in [0.4, 0.5) is 5.69 Å². The van der Waals surface area contributed by atoms with Gasteiger partial charge in [0.2, 0.25) is 0 Å². The van der Waals surface area contributed by atoms with Crippen molar-refractivity contribution in [2.45, 2.75) is 46.1 Å². The third kappa shape index (κ3) is 3.92. The molecule has 1 saturated heterocycles. The van der Waals surface area contributed by atoms with E-state index in [9.17, 15) is 0 Å². The molecule has 4 aliphatic rings. The highest BCUT2D eigenvalue weighted by molar-refractivity contribution is 6.05. The van der Waals surface area contributed by atoms with E-state index in [-0.39, 0.29) is 18.4 Å². The third-order valence-corrected chi connectivity index (χ3v) is 6.38. The van der Waals surface area contributed by atoms with Gasteiger partial charge in [-0.3, -0.25) is 5.01 Å². The molecule has 0 radical (unpaired) electrons. The van der Waals surface area contributed by atoms with E-state index in [1.165, 1.54) is 35.5 Å². The molecule has 1 aromatic rings. The van der Waals surface area contributed by atoms with Crippen molar-refractivity contribution in [3.05, 3.63) is 47.1 Å². The van der Waals surface area contributed by atoms with E-state index < -0.39 is 0 Å². The van der Waals surface area contributed by atoms with Crippen molar-refractivity contribution in [2.24, 2.45) is 10.9 Å². The molecule has 6 nitrogen and oxygen atoms in total. The molecule has 1 saturated carbocycles. The first-order valence-electron chi connectivity index (χ1n) is 11.2. The Morgan fingerprint density at radius 1 is 1.26 bits per heavy atom. The lowest BCUT2D eigenvalue weighted by atomic mass is 10.1. The number of benzene rings is 1. The summed E-state index contributed by atoms with van der Waals surface area (Å²) in [6, 6.07) is 6.54. The Hall–Kier alpha value is -2.18. The van der Waals surface area contributed by atoms with Gasteiger partial charge in [-0.05, 0) is 68.9 Å². The van der Waals surface area contributed by atoms with Crippen LogP contribution in [0.25, 0.3) is 0 Å². The van der Waals surface area contributed by atoms with Crippen LogP contribution in [0.2, 0.25) is 0 Å². The van der Waals surface area contributed by atoms with E-state index in [0.717, 1.165) is 42.7 Å². The van der Waals surface area contributed by atoms with Crippen LogP contribution in [-0.2, 0) is 4.74 Å². The molecule has 0 bridgehead atoms. The molecular weight excluding hydrogens is 412 g/mol. The number of anilines is 1. The van der Waals surface area contributed by atoms with Gasteiger partial charge in [-0.2, -0.15) is 0 Å². The van der Waals surface area contributed by atoms with Gasteiger partial charge in [0, 0.05) is 18.7 Å². The molecule has 7 heteroatoms. The van der Waals surface area contributed by atoms with Crippen molar-refractivity contribution in [3.8, 4) is 5.75 Å². The van der Waals surface area contributed by atoms with Gasteiger partial charge >= 0.3 is 0 Å². The molecule has 31 heavy (non-hydrogen) atoms. The Morgan fingerprint density at radius 3 is 2.74 bits per heavy atom. The summed E-state index contributed by atoms with van der Waals surface area (Å²) in [6.07, 6.45) is 6.09. The maximum Gasteiger partial charge on any atom is 0.152 e. The molecule has 168 valence electrons. The summed E-state index contributed by atoms with van der Waals surface area (Å²) >= 11 is 0. The van der Waals surface area contributed by atoms with Crippen molar-refractivity contribution in [1.82, 2.24) is 9.91 Å². The summed E-state index contributed by atoms with van der Waals surface area (Å²) < 4.78 is 11.3. The van der Waals surface area contributed by atoms with E-state index >= 15 is 0 Å². The Balaban J connectivity index is 0.00000231. The highest BCUT2D eigenvalue weighted by Gasteiger charge is 2.42. The number of nitrogens with zero attached hydrogens (tertiary/aromatic N) is 4. The van der Waals surface area contributed by atoms with Gasteiger partial charge in [-0.1, -0.05) is 6.92 Å². The molecule has 3 heterocycles. The first-order valence-corrected chi connectivity index (χ1v) is 11.2. The van der Waals surface area contributed by atoms with Gasteiger partial charge in [0.15, 0.2) is 5.82 Å². The zero-order valence-corrected chi connectivity index (χ0v) is 19.7. The monoisotopic (exact) mass is 444 g/mol. The van der Waals surface area contributed by atoms with E-state index in [4.69, 9.17) is 14.5 Å². The molecule has 2 fully saturated rings. The SMILES string of the molecule is CCCN(CC1CC1)C1=C2COCC2=NC2=CC(C)N(c3ccc(OC)cc3C)N21.Cl. The summed E-state index contributed by atoms with van der Waals surface area (Å²) in [7, 11) is 1.72. The van der Waals surface area contributed by atoms with Crippen LogP contribution in [0, 0.1) is 12.8 Å². The number of fused-ring (bicyclic) bond motifs is 2. The first kappa shape index (κ1) is 22.0. The molecular formula is C24H33ClN4O2. The van der Waals surface area contributed by atoms with E-state index in [1.54, 1.807) is 7.11 Å². The highest BCUT2D eigenvalue weighted by atomic mass is 35.5. The van der Waals surface area contributed by atoms with Gasteiger partial charge in [0.25, 0.3) is 0 Å². The number of aliphatic imine (C=N–C) groups is 1. The number of halogens is 1. The average molecular weight is 445 g/mol. The van der Waals surface area contributed by atoms with Crippen molar-refractivity contribution >= 4 is 23.8 Å². The van der Waals surface area contributed by atoms with Crippen LogP contribution >= 0.6 is 12.4 Å². The average Bonchev–Trinajstić information content (AvgIpc) is 3.32. The van der Waals surface area contributed by atoms with Gasteiger partial charge in [0.1, 0.15) is 11.6 Å². The molecule has 3 aliphatic heterocycles. The quantitative estimate of drug-likeness (QED) is 0.618. The minimum atomic E-state index is 0. The van der Waals surface area contributed by atoms with Crippen LogP contribution in [0.5, 0.6) is 5.75 Å². The maximum atomic E-state index is 5.85. The third-order valence-electron chi connectivity index (χ3n) is 6.38. The largest absolute Gasteiger partial charge is 0.497 e. The van der Waals surface area contributed by atoms with Gasteiger partial charge in [-0.15, -0.1) is 12.4 Å². The number of hydrogen-bond acceptors (Lipinski definition) is 6. The second kappa shape index (κ2) is 8.75. The molecule has 0 spiro atoms. The summed E-state index contributed by atoms with van der Waals surface area (Å²) in [4.78, 5) is 7.60. The summed E-state index contributed by atoms with van der Waals surface area (Å²) in [5.74, 6) is 4.00. The lowest BCUT2D eigenvalue weighted by Gasteiger charge is -2.44. The zero-order valence-electron chi connectivity index (χ0n) is 18.9. The fourth-order valence-electron chi connectivity index (χ4n) is 4.75. The van der Waals surface area contributed by atoms with Crippen LogP contribution in [0.3, 0.4) is 0 Å². The van der Waals surface area contributed by atoms with Crippen LogP contribution < -0.4 is 9.75 Å². The van der Waals surface area contributed by atoms with Gasteiger partial charge < -0.3 is 14.4 Å². The number of aryl methyl sites for hydroxylation is 1. The Kier molecular flexibility index (Phi) is 6.22. The molecule has 0 N–H and O–H groups in total. The van der Waals surface area contributed by atoms with E-state index in [0.29, 0.717) is 13.2 Å². The second-order valence-electron chi connectivity index (χ2n) is 8.82.